The standard InChI is InChI=1S/C27H54O2/c1-6-8-9-10-11-12-13-14-15-16-17-18-19-20-21-29-27(28)26(5)23-25(4)22-24(3)7-2/h24-26H,6-23H2,1-5H3. The SMILES string of the molecule is CCCCCCCCCCCCCCCCOC(=O)C(C)CC(C)CC(C)CC. The molecule has 0 radical (unpaired) electrons. The first kappa shape index (κ1) is 28.5. The Balaban J connectivity index is 3.40. The number of unbranched alkanes of at least 4 members (excludes halogenated alkanes) is 13. The molecule has 0 heterocycles. The number of rotatable bonds is 21. The molecule has 0 aliphatic heterocycles. The highest BCUT2D eigenvalue weighted by molar-refractivity contribution is 5.71. The van der Waals surface area contributed by atoms with E-state index in [0.717, 1.165) is 18.8 Å². The summed E-state index contributed by atoms with van der Waals surface area (Å²) >= 11 is 0. The van der Waals surface area contributed by atoms with Crippen LogP contribution in [0.4, 0.5) is 0 Å². The van der Waals surface area contributed by atoms with Crippen molar-refractivity contribution < 1.29 is 9.53 Å². The molecule has 0 bridgehead atoms. The second-order valence-electron chi connectivity index (χ2n) is 9.75. The number of hydrogen-bond donors (Lipinski definition) is 0. The number of carbonyl (C=O) groups excluding carboxylic acids is 1. The minimum absolute atomic E-state index is 0.00990. The molecule has 2 nitrogen and oxygen atoms in total. The van der Waals surface area contributed by atoms with Crippen molar-refractivity contribution >= 4 is 5.97 Å². The predicted octanol–water partition coefficient (Wildman–Crippen LogP) is 9.11. The van der Waals surface area contributed by atoms with Gasteiger partial charge in [-0.05, 0) is 31.1 Å². The molecular weight excluding hydrogens is 356 g/mol. The van der Waals surface area contributed by atoms with E-state index in [1.165, 1.54) is 96.3 Å². The highest BCUT2D eigenvalue weighted by Crippen LogP contribution is 2.22. The summed E-state index contributed by atoms with van der Waals surface area (Å²) in [4.78, 5) is 12.1. The summed E-state index contributed by atoms with van der Waals surface area (Å²) in [7, 11) is 0. The monoisotopic (exact) mass is 410 g/mol. The topological polar surface area (TPSA) is 26.3 Å². The zero-order valence-electron chi connectivity index (χ0n) is 20.8. The van der Waals surface area contributed by atoms with Gasteiger partial charge in [0, 0.05) is 0 Å². The molecule has 0 aliphatic rings. The Morgan fingerprint density at radius 2 is 1.07 bits per heavy atom. The number of hydrogen-bond acceptors (Lipinski definition) is 2. The van der Waals surface area contributed by atoms with Gasteiger partial charge in [0.2, 0.25) is 0 Å². The lowest BCUT2D eigenvalue weighted by Gasteiger charge is -2.19. The molecule has 0 saturated carbocycles. The van der Waals surface area contributed by atoms with Gasteiger partial charge in [0.25, 0.3) is 0 Å². The quantitative estimate of drug-likeness (QED) is 0.139. The molecule has 0 aromatic rings. The van der Waals surface area contributed by atoms with Crippen LogP contribution < -0.4 is 0 Å². The van der Waals surface area contributed by atoms with Crippen LogP contribution in [0.15, 0.2) is 0 Å². The van der Waals surface area contributed by atoms with Gasteiger partial charge in [-0.3, -0.25) is 4.79 Å². The normalized spacial score (nSPS) is 14.5. The van der Waals surface area contributed by atoms with Crippen LogP contribution in [0.25, 0.3) is 0 Å². The lowest BCUT2D eigenvalue weighted by Crippen LogP contribution is -2.18. The molecule has 174 valence electrons. The molecule has 0 aromatic carbocycles. The first-order valence-electron chi connectivity index (χ1n) is 13.2. The number of carbonyl (C=O) groups is 1. The fraction of sp³-hybridized carbons (Fsp3) is 0.963. The summed E-state index contributed by atoms with van der Waals surface area (Å²) in [6.07, 6.45) is 22.4. The van der Waals surface area contributed by atoms with E-state index in [2.05, 4.69) is 27.7 Å². The minimum atomic E-state index is 0.00990. The Bertz CT molecular complexity index is 352. The third kappa shape index (κ3) is 19.2. The first-order valence-corrected chi connectivity index (χ1v) is 13.2. The van der Waals surface area contributed by atoms with Crippen molar-refractivity contribution in [2.24, 2.45) is 17.8 Å². The second kappa shape index (κ2) is 20.7. The van der Waals surface area contributed by atoms with Crippen LogP contribution in [0.3, 0.4) is 0 Å². The summed E-state index contributed by atoms with van der Waals surface area (Å²) in [5.41, 5.74) is 0. The maximum Gasteiger partial charge on any atom is 0.308 e. The molecule has 29 heavy (non-hydrogen) atoms. The van der Waals surface area contributed by atoms with Gasteiger partial charge in [-0.1, -0.05) is 125 Å². The van der Waals surface area contributed by atoms with Crippen molar-refractivity contribution in [1.82, 2.24) is 0 Å². The molecule has 0 spiro atoms. The highest BCUT2D eigenvalue weighted by atomic mass is 16.5. The number of esters is 1. The maximum absolute atomic E-state index is 12.1. The van der Waals surface area contributed by atoms with Crippen LogP contribution in [0.1, 0.15) is 144 Å². The van der Waals surface area contributed by atoms with Crippen molar-refractivity contribution in [2.75, 3.05) is 6.61 Å². The average molecular weight is 411 g/mol. The van der Waals surface area contributed by atoms with Crippen molar-refractivity contribution in [2.45, 2.75) is 144 Å². The van der Waals surface area contributed by atoms with Gasteiger partial charge in [0.15, 0.2) is 0 Å². The van der Waals surface area contributed by atoms with Gasteiger partial charge in [-0.2, -0.15) is 0 Å². The minimum Gasteiger partial charge on any atom is -0.465 e. The Morgan fingerprint density at radius 3 is 1.52 bits per heavy atom. The van der Waals surface area contributed by atoms with Gasteiger partial charge in [0.05, 0.1) is 12.5 Å². The molecule has 0 amide bonds. The van der Waals surface area contributed by atoms with Crippen molar-refractivity contribution in [3.8, 4) is 0 Å². The van der Waals surface area contributed by atoms with E-state index in [1.54, 1.807) is 0 Å². The van der Waals surface area contributed by atoms with E-state index in [0.29, 0.717) is 12.5 Å². The van der Waals surface area contributed by atoms with Crippen molar-refractivity contribution in [3.63, 3.8) is 0 Å². The molecule has 2 heteroatoms. The van der Waals surface area contributed by atoms with Crippen LogP contribution in [-0.2, 0) is 9.53 Å². The Hall–Kier alpha value is -0.530. The van der Waals surface area contributed by atoms with Gasteiger partial charge in [-0.25, -0.2) is 0 Å². The smallest absolute Gasteiger partial charge is 0.308 e. The van der Waals surface area contributed by atoms with E-state index >= 15 is 0 Å². The number of ether oxygens (including phenoxy) is 1. The van der Waals surface area contributed by atoms with E-state index in [1.807, 2.05) is 6.92 Å². The van der Waals surface area contributed by atoms with Gasteiger partial charge >= 0.3 is 5.97 Å². The van der Waals surface area contributed by atoms with Crippen LogP contribution in [0, 0.1) is 17.8 Å². The molecular formula is C27H54O2. The molecule has 0 aliphatic carbocycles. The van der Waals surface area contributed by atoms with Crippen molar-refractivity contribution in [3.05, 3.63) is 0 Å². The van der Waals surface area contributed by atoms with Crippen LogP contribution >= 0.6 is 0 Å². The molecule has 0 fully saturated rings. The third-order valence-electron chi connectivity index (χ3n) is 6.40. The van der Waals surface area contributed by atoms with Crippen LogP contribution in [0.5, 0.6) is 0 Å². The molecule has 0 saturated heterocycles. The maximum atomic E-state index is 12.1. The molecule has 3 unspecified atom stereocenters. The van der Waals surface area contributed by atoms with Crippen LogP contribution in [-0.4, -0.2) is 12.6 Å². The fourth-order valence-corrected chi connectivity index (χ4v) is 4.26. The summed E-state index contributed by atoms with van der Waals surface area (Å²) in [5, 5.41) is 0. The zero-order chi connectivity index (χ0) is 21.7. The van der Waals surface area contributed by atoms with Crippen LogP contribution in [0.2, 0.25) is 0 Å². The van der Waals surface area contributed by atoms with E-state index in [4.69, 9.17) is 4.74 Å². The Kier molecular flexibility index (Phi) is 20.4. The molecule has 0 aromatic heterocycles. The van der Waals surface area contributed by atoms with E-state index in [9.17, 15) is 4.79 Å². The molecule has 0 N–H and O–H groups in total. The Labute approximate surface area is 184 Å². The fourth-order valence-electron chi connectivity index (χ4n) is 4.26. The predicted molar refractivity (Wildman–Crippen MR) is 128 cm³/mol. The summed E-state index contributed by atoms with van der Waals surface area (Å²) in [6, 6.07) is 0. The lowest BCUT2D eigenvalue weighted by molar-refractivity contribution is -0.148. The highest BCUT2D eigenvalue weighted by Gasteiger charge is 2.18. The average Bonchev–Trinajstić information content (AvgIpc) is 2.70. The van der Waals surface area contributed by atoms with Gasteiger partial charge in [0.1, 0.15) is 0 Å². The summed E-state index contributed by atoms with van der Waals surface area (Å²) in [6.45, 7) is 11.7. The molecule has 3 atom stereocenters. The first-order chi connectivity index (χ1) is 14.0. The third-order valence-corrected chi connectivity index (χ3v) is 6.40. The van der Waals surface area contributed by atoms with Gasteiger partial charge < -0.3 is 4.74 Å². The Morgan fingerprint density at radius 1 is 0.621 bits per heavy atom. The summed E-state index contributed by atoms with van der Waals surface area (Å²) < 4.78 is 5.50. The van der Waals surface area contributed by atoms with Gasteiger partial charge in [-0.15, -0.1) is 0 Å². The molecule has 0 rings (SSSR count). The lowest BCUT2D eigenvalue weighted by atomic mass is 9.88. The zero-order valence-corrected chi connectivity index (χ0v) is 20.8. The van der Waals surface area contributed by atoms with E-state index < -0.39 is 0 Å². The summed E-state index contributed by atoms with van der Waals surface area (Å²) in [5.74, 6) is 1.41. The largest absolute Gasteiger partial charge is 0.465 e. The van der Waals surface area contributed by atoms with Crippen molar-refractivity contribution in [1.29, 1.82) is 0 Å². The second-order valence-corrected chi connectivity index (χ2v) is 9.75. The van der Waals surface area contributed by atoms with E-state index in [-0.39, 0.29) is 11.9 Å².